The maximum atomic E-state index is 14.3. The summed E-state index contributed by atoms with van der Waals surface area (Å²) in [6.45, 7) is 1.10. The third kappa shape index (κ3) is 5.54. The molecule has 27 heavy (non-hydrogen) atoms. The first-order chi connectivity index (χ1) is 13.2. The Morgan fingerprint density at radius 1 is 1.00 bits per heavy atom. The number of aliphatic imine (C=N–C) groups is 1. The van der Waals surface area contributed by atoms with Gasteiger partial charge in [-0.05, 0) is 35.4 Å². The molecule has 3 aromatic rings. The Morgan fingerprint density at radius 2 is 1.78 bits per heavy atom. The SMILES string of the molecule is CN=C(NCc1ccccc1)NCc1ccc(Oc2cccnc2)c(F)c1. The van der Waals surface area contributed by atoms with E-state index in [1.54, 1.807) is 31.4 Å². The molecule has 2 aromatic carbocycles. The average molecular weight is 364 g/mol. The highest BCUT2D eigenvalue weighted by molar-refractivity contribution is 5.79. The highest BCUT2D eigenvalue weighted by atomic mass is 19.1. The number of ether oxygens (including phenoxy) is 1. The van der Waals surface area contributed by atoms with Gasteiger partial charge in [0, 0.05) is 26.3 Å². The van der Waals surface area contributed by atoms with Crippen LogP contribution >= 0.6 is 0 Å². The predicted molar refractivity (Wildman–Crippen MR) is 104 cm³/mol. The topological polar surface area (TPSA) is 58.5 Å². The van der Waals surface area contributed by atoms with Crippen LogP contribution in [0.2, 0.25) is 0 Å². The van der Waals surface area contributed by atoms with E-state index in [1.807, 2.05) is 36.4 Å². The molecule has 0 saturated heterocycles. The molecule has 1 heterocycles. The summed E-state index contributed by atoms with van der Waals surface area (Å²) in [6.07, 6.45) is 3.17. The number of hydrogen-bond donors (Lipinski definition) is 2. The fourth-order valence-electron chi connectivity index (χ4n) is 2.46. The lowest BCUT2D eigenvalue weighted by Crippen LogP contribution is -2.36. The Morgan fingerprint density at radius 3 is 2.44 bits per heavy atom. The fourth-order valence-corrected chi connectivity index (χ4v) is 2.46. The molecule has 0 aliphatic carbocycles. The van der Waals surface area contributed by atoms with Crippen LogP contribution in [0.1, 0.15) is 11.1 Å². The lowest BCUT2D eigenvalue weighted by molar-refractivity contribution is 0.440. The molecule has 0 aliphatic heterocycles. The first kappa shape index (κ1) is 18.4. The number of halogens is 1. The smallest absolute Gasteiger partial charge is 0.191 e. The Kier molecular flexibility index (Phi) is 6.35. The number of nitrogens with one attached hydrogen (secondary N) is 2. The van der Waals surface area contributed by atoms with Crippen molar-refractivity contribution in [2.45, 2.75) is 13.1 Å². The van der Waals surface area contributed by atoms with Crippen molar-refractivity contribution < 1.29 is 9.13 Å². The van der Waals surface area contributed by atoms with Crippen molar-refractivity contribution in [3.05, 3.63) is 90.0 Å². The van der Waals surface area contributed by atoms with Crippen LogP contribution < -0.4 is 15.4 Å². The van der Waals surface area contributed by atoms with E-state index in [-0.39, 0.29) is 5.75 Å². The van der Waals surface area contributed by atoms with E-state index in [9.17, 15) is 4.39 Å². The normalized spacial score (nSPS) is 11.1. The summed E-state index contributed by atoms with van der Waals surface area (Å²) in [6, 6.07) is 18.4. The van der Waals surface area contributed by atoms with Crippen LogP contribution in [0.5, 0.6) is 11.5 Å². The molecular formula is C21H21FN4O. The average Bonchev–Trinajstić information content (AvgIpc) is 2.71. The molecule has 3 rings (SSSR count). The zero-order valence-corrected chi connectivity index (χ0v) is 15.0. The predicted octanol–water partition coefficient (Wildman–Crippen LogP) is 3.88. The lowest BCUT2D eigenvalue weighted by Gasteiger charge is -2.13. The summed E-state index contributed by atoms with van der Waals surface area (Å²) in [4.78, 5) is 8.13. The highest BCUT2D eigenvalue weighted by Gasteiger charge is 2.07. The van der Waals surface area contributed by atoms with E-state index < -0.39 is 5.82 Å². The Hall–Kier alpha value is -3.41. The third-order valence-electron chi connectivity index (χ3n) is 3.84. The monoisotopic (exact) mass is 364 g/mol. The van der Waals surface area contributed by atoms with Crippen LogP contribution in [0.3, 0.4) is 0 Å². The number of rotatable bonds is 6. The van der Waals surface area contributed by atoms with E-state index in [0.717, 1.165) is 11.1 Å². The van der Waals surface area contributed by atoms with Gasteiger partial charge in [0.05, 0.1) is 6.20 Å². The molecule has 0 aliphatic rings. The molecule has 0 fully saturated rings. The van der Waals surface area contributed by atoms with Crippen LogP contribution in [-0.2, 0) is 13.1 Å². The van der Waals surface area contributed by atoms with Crippen molar-refractivity contribution in [2.75, 3.05) is 7.05 Å². The molecule has 0 amide bonds. The van der Waals surface area contributed by atoms with Crippen LogP contribution in [0.4, 0.5) is 4.39 Å². The zero-order valence-electron chi connectivity index (χ0n) is 15.0. The van der Waals surface area contributed by atoms with E-state index in [1.165, 1.54) is 12.3 Å². The van der Waals surface area contributed by atoms with E-state index in [2.05, 4.69) is 20.6 Å². The first-order valence-electron chi connectivity index (χ1n) is 8.59. The summed E-state index contributed by atoms with van der Waals surface area (Å²) in [5.41, 5.74) is 1.94. The number of pyridine rings is 1. The van der Waals surface area contributed by atoms with Gasteiger partial charge in [-0.2, -0.15) is 0 Å². The van der Waals surface area contributed by atoms with E-state index in [0.29, 0.717) is 24.8 Å². The van der Waals surface area contributed by atoms with Crippen LogP contribution in [0, 0.1) is 5.82 Å². The summed E-state index contributed by atoms with van der Waals surface area (Å²) >= 11 is 0. The van der Waals surface area contributed by atoms with Crippen molar-refractivity contribution in [3.63, 3.8) is 0 Å². The van der Waals surface area contributed by atoms with Gasteiger partial charge in [-0.15, -0.1) is 0 Å². The number of benzene rings is 2. The van der Waals surface area contributed by atoms with Crippen molar-refractivity contribution in [3.8, 4) is 11.5 Å². The number of nitrogens with zero attached hydrogens (tertiary/aromatic N) is 2. The van der Waals surface area contributed by atoms with Gasteiger partial charge in [0.25, 0.3) is 0 Å². The summed E-state index contributed by atoms with van der Waals surface area (Å²) in [5.74, 6) is 0.881. The first-order valence-corrected chi connectivity index (χ1v) is 8.59. The van der Waals surface area contributed by atoms with E-state index in [4.69, 9.17) is 4.74 Å². The minimum atomic E-state index is -0.426. The van der Waals surface area contributed by atoms with Crippen molar-refractivity contribution in [2.24, 2.45) is 4.99 Å². The standard InChI is InChI=1S/C21H21FN4O/c1-23-21(25-13-16-6-3-2-4-7-16)26-14-17-9-10-20(19(22)12-17)27-18-8-5-11-24-15-18/h2-12,15H,13-14H2,1H3,(H2,23,25,26). The second-order valence-electron chi connectivity index (χ2n) is 5.82. The van der Waals surface area contributed by atoms with Crippen molar-refractivity contribution >= 4 is 5.96 Å². The third-order valence-corrected chi connectivity index (χ3v) is 3.84. The molecular weight excluding hydrogens is 343 g/mol. The van der Waals surface area contributed by atoms with Gasteiger partial charge in [0.15, 0.2) is 17.5 Å². The molecule has 0 atom stereocenters. The largest absolute Gasteiger partial charge is 0.453 e. The van der Waals surface area contributed by atoms with Crippen LogP contribution in [0.15, 0.2) is 78.0 Å². The van der Waals surface area contributed by atoms with Gasteiger partial charge in [0.1, 0.15) is 5.75 Å². The Bertz CT molecular complexity index is 885. The maximum Gasteiger partial charge on any atom is 0.191 e. The molecule has 0 saturated carbocycles. The van der Waals surface area contributed by atoms with Crippen LogP contribution in [0.25, 0.3) is 0 Å². The zero-order chi connectivity index (χ0) is 18.9. The van der Waals surface area contributed by atoms with Gasteiger partial charge in [-0.25, -0.2) is 4.39 Å². The van der Waals surface area contributed by atoms with Gasteiger partial charge in [-0.3, -0.25) is 9.98 Å². The molecule has 0 bridgehead atoms. The van der Waals surface area contributed by atoms with Crippen molar-refractivity contribution in [1.82, 2.24) is 15.6 Å². The summed E-state index contributed by atoms with van der Waals surface area (Å²) < 4.78 is 19.8. The van der Waals surface area contributed by atoms with Gasteiger partial charge >= 0.3 is 0 Å². The second kappa shape index (κ2) is 9.33. The van der Waals surface area contributed by atoms with Gasteiger partial charge < -0.3 is 15.4 Å². The quantitative estimate of drug-likeness (QED) is 0.515. The van der Waals surface area contributed by atoms with Crippen LogP contribution in [-0.4, -0.2) is 18.0 Å². The number of hydrogen-bond acceptors (Lipinski definition) is 3. The lowest BCUT2D eigenvalue weighted by atomic mass is 10.2. The maximum absolute atomic E-state index is 14.3. The van der Waals surface area contributed by atoms with Crippen molar-refractivity contribution in [1.29, 1.82) is 0 Å². The summed E-state index contributed by atoms with van der Waals surface area (Å²) in [5, 5.41) is 6.40. The molecule has 0 radical (unpaired) electrons. The molecule has 0 spiro atoms. The molecule has 2 N–H and O–H groups in total. The minimum absolute atomic E-state index is 0.165. The Labute approximate surface area is 157 Å². The molecule has 6 heteroatoms. The molecule has 138 valence electrons. The fraction of sp³-hybridized carbons (Fsp3) is 0.143. The Balaban J connectivity index is 1.54. The molecule has 1 aromatic heterocycles. The molecule has 5 nitrogen and oxygen atoms in total. The highest BCUT2D eigenvalue weighted by Crippen LogP contribution is 2.24. The van der Waals surface area contributed by atoms with E-state index >= 15 is 0 Å². The minimum Gasteiger partial charge on any atom is -0.453 e. The second-order valence-corrected chi connectivity index (χ2v) is 5.82. The van der Waals surface area contributed by atoms with Gasteiger partial charge in [0.2, 0.25) is 0 Å². The number of aromatic nitrogens is 1. The summed E-state index contributed by atoms with van der Waals surface area (Å²) in [7, 11) is 1.70. The van der Waals surface area contributed by atoms with Gasteiger partial charge in [-0.1, -0.05) is 36.4 Å². The number of guanidine groups is 1. The molecule has 0 unspecified atom stereocenters.